The summed E-state index contributed by atoms with van der Waals surface area (Å²) < 4.78 is 16.3. The number of halogens is 1. The quantitative estimate of drug-likeness (QED) is 0.243. The highest BCUT2D eigenvalue weighted by atomic mass is 79.9. The molecule has 1 heterocycles. The van der Waals surface area contributed by atoms with Crippen molar-refractivity contribution in [1.29, 1.82) is 0 Å². The Bertz CT molecular complexity index is 1240. The minimum Gasteiger partial charge on any atom is -0.312 e. The molecule has 2 atom stereocenters. The summed E-state index contributed by atoms with van der Waals surface area (Å²) in [5, 5.41) is 4.09. The zero-order chi connectivity index (χ0) is 22.7. The molecule has 0 unspecified atom stereocenters. The third-order valence-electron chi connectivity index (χ3n) is 6.21. The van der Waals surface area contributed by atoms with Gasteiger partial charge in [0.15, 0.2) is 7.14 Å². The van der Waals surface area contributed by atoms with Crippen LogP contribution in [0.5, 0.6) is 0 Å². The summed E-state index contributed by atoms with van der Waals surface area (Å²) in [6.45, 7) is 0. The van der Waals surface area contributed by atoms with Crippen LogP contribution in [0.25, 0.3) is 5.57 Å². The van der Waals surface area contributed by atoms with E-state index < -0.39 is 7.14 Å². The minimum atomic E-state index is -2.94. The Hall–Kier alpha value is -2.32. The number of benzene rings is 4. The Morgan fingerprint density at radius 1 is 0.697 bits per heavy atom. The molecule has 0 saturated heterocycles. The molecule has 0 bridgehead atoms. The Morgan fingerprint density at radius 3 is 1.76 bits per heavy atom. The lowest BCUT2D eigenvalue weighted by molar-refractivity contribution is 0.578. The molecule has 0 spiro atoms. The van der Waals surface area contributed by atoms with E-state index in [1.807, 2.05) is 66.7 Å². The van der Waals surface area contributed by atoms with E-state index in [0.29, 0.717) is 0 Å². The maximum atomic E-state index is 15.2. The summed E-state index contributed by atoms with van der Waals surface area (Å²) in [5.41, 5.74) is 3.76. The Morgan fingerprint density at radius 2 is 1.21 bits per heavy atom. The van der Waals surface area contributed by atoms with Crippen molar-refractivity contribution < 1.29 is 4.57 Å². The highest BCUT2D eigenvalue weighted by Gasteiger charge is 2.44. The molecule has 0 aliphatic carbocycles. The zero-order valence-corrected chi connectivity index (χ0v) is 21.3. The topological polar surface area (TPSA) is 17.1 Å². The first-order chi connectivity index (χ1) is 16.2. The van der Waals surface area contributed by atoms with Crippen molar-refractivity contribution >= 4 is 51.0 Å². The second kappa shape index (κ2) is 9.89. The average Bonchev–Trinajstić information content (AvgIpc) is 2.90. The molecular formula is C29H24BrOPS. The van der Waals surface area contributed by atoms with Crippen LogP contribution < -0.4 is 10.6 Å². The Balaban J connectivity index is 1.66. The number of thioether (sulfide) groups is 1. The van der Waals surface area contributed by atoms with E-state index in [4.69, 9.17) is 0 Å². The molecule has 164 valence electrons. The predicted octanol–water partition coefficient (Wildman–Crippen LogP) is 8.05. The normalized spacial score (nSPS) is 18.5. The van der Waals surface area contributed by atoms with Gasteiger partial charge in [-0.1, -0.05) is 119 Å². The summed E-state index contributed by atoms with van der Waals surface area (Å²) in [4.78, 5) is -0.0797. The SMILES string of the molecule is O=P(c1ccccc1)(c1ccccc1)[C@H]1SC=C(c2ccc(Br)cc2)C[C@@H]1c1ccccc1. The molecule has 0 fully saturated rings. The van der Waals surface area contributed by atoms with E-state index in [9.17, 15) is 0 Å². The molecule has 1 aliphatic rings. The van der Waals surface area contributed by atoms with E-state index in [2.05, 4.69) is 69.9 Å². The molecule has 0 aromatic heterocycles. The molecule has 4 aromatic carbocycles. The molecular weight excluding hydrogens is 507 g/mol. The van der Waals surface area contributed by atoms with Crippen molar-refractivity contribution in [2.75, 3.05) is 0 Å². The first-order valence-electron chi connectivity index (χ1n) is 11.0. The van der Waals surface area contributed by atoms with Crippen LogP contribution in [0.4, 0.5) is 0 Å². The predicted molar refractivity (Wildman–Crippen MR) is 147 cm³/mol. The molecule has 1 nitrogen and oxygen atoms in total. The van der Waals surface area contributed by atoms with E-state index in [1.54, 1.807) is 11.8 Å². The Labute approximate surface area is 208 Å². The highest BCUT2D eigenvalue weighted by Crippen LogP contribution is 2.62. The molecule has 1 aliphatic heterocycles. The van der Waals surface area contributed by atoms with Gasteiger partial charge >= 0.3 is 0 Å². The molecule has 0 saturated carbocycles. The van der Waals surface area contributed by atoms with Gasteiger partial charge in [0.1, 0.15) is 0 Å². The van der Waals surface area contributed by atoms with Crippen LogP contribution in [0.15, 0.2) is 125 Å². The largest absolute Gasteiger partial charge is 0.312 e. The van der Waals surface area contributed by atoms with Crippen LogP contribution in [0.2, 0.25) is 0 Å². The van der Waals surface area contributed by atoms with Gasteiger partial charge in [0.25, 0.3) is 0 Å². The molecule has 4 heteroatoms. The fraction of sp³-hybridized carbons (Fsp3) is 0.103. The summed E-state index contributed by atoms with van der Waals surface area (Å²) in [6, 6.07) is 39.2. The third kappa shape index (κ3) is 4.55. The average molecular weight is 531 g/mol. The summed E-state index contributed by atoms with van der Waals surface area (Å²) in [6.07, 6.45) is 0.854. The van der Waals surface area contributed by atoms with E-state index in [1.165, 1.54) is 16.7 Å². The second-order valence-corrected chi connectivity index (χ2v) is 13.4. The third-order valence-corrected chi connectivity index (χ3v) is 12.2. The first-order valence-corrected chi connectivity index (χ1v) is 14.5. The lowest BCUT2D eigenvalue weighted by Crippen LogP contribution is -2.29. The van der Waals surface area contributed by atoms with E-state index in [-0.39, 0.29) is 10.9 Å². The van der Waals surface area contributed by atoms with Crippen molar-refractivity contribution in [2.45, 2.75) is 17.3 Å². The van der Waals surface area contributed by atoms with Crippen LogP contribution in [0.1, 0.15) is 23.5 Å². The number of rotatable bonds is 5. The van der Waals surface area contributed by atoms with Gasteiger partial charge in [-0.25, -0.2) is 0 Å². The lowest BCUT2D eigenvalue weighted by Gasteiger charge is -2.37. The lowest BCUT2D eigenvalue weighted by atomic mass is 9.90. The van der Waals surface area contributed by atoms with Crippen LogP contribution in [0.3, 0.4) is 0 Å². The van der Waals surface area contributed by atoms with E-state index in [0.717, 1.165) is 21.5 Å². The molecule has 5 rings (SSSR count). The first kappa shape index (κ1) is 22.5. The van der Waals surface area contributed by atoms with Crippen molar-refractivity contribution in [3.63, 3.8) is 0 Å². The van der Waals surface area contributed by atoms with Crippen LogP contribution in [0, 0.1) is 0 Å². The zero-order valence-electron chi connectivity index (χ0n) is 18.1. The van der Waals surface area contributed by atoms with Crippen LogP contribution in [-0.4, -0.2) is 4.99 Å². The fourth-order valence-electron chi connectivity index (χ4n) is 4.55. The summed E-state index contributed by atoms with van der Waals surface area (Å²) >= 11 is 5.28. The number of allylic oxidation sites excluding steroid dienone is 1. The van der Waals surface area contributed by atoms with Gasteiger partial charge < -0.3 is 4.57 Å². The van der Waals surface area contributed by atoms with Gasteiger partial charge in [0.05, 0.1) is 4.99 Å². The molecule has 0 amide bonds. The van der Waals surface area contributed by atoms with Crippen molar-refractivity contribution in [1.82, 2.24) is 0 Å². The molecule has 0 N–H and O–H groups in total. The van der Waals surface area contributed by atoms with Gasteiger partial charge in [-0.2, -0.15) is 0 Å². The minimum absolute atomic E-state index is 0.0797. The van der Waals surface area contributed by atoms with Gasteiger partial charge in [0, 0.05) is 21.0 Å². The van der Waals surface area contributed by atoms with Gasteiger partial charge in [-0.05, 0) is 40.7 Å². The van der Waals surface area contributed by atoms with Gasteiger partial charge in [0.2, 0.25) is 0 Å². The smallest absolute Gasteiger partial charge is 0.156 e. The van der Waals surface area contributed by atoms with Crippen molar-refractivity contribution in [2.24, 2.45) is 0 Å². The van der Waals surface area contributed by atoms with E-state index >= 15 is 4.57 Å². The maximum Gasteiger partial charge on any atom is 0.156 e. The summed E-state index contributed by atoms with van der Waals surface area (Å²) in [7, 11) is -2.94. The van der Waals surface area contributed by atoms with Crippen LogP contribution >= 0.6 is 34.8 Å². The molecule has 33 heavy (non-hydrogen) atoms. The second-order valence-electron chi connectivity index (χ2n) is 8.23. The molecule has 4 aromatic rings. The standard InChI is InChI=1S/C29H24BrOPS/c30-25-18-16-22(17-19-25)24-20-28(23-10-4-1-5-11-23)29(33-21-24)32(31,26-12-6-2-7-13-26)27-14-8-3-9-15-27/h1-19,21,28-29H,20H2/t28-,29+/m1/s1. The molecule has 0 radical (unpaired) electrons. The number of hydrogen-bond donors (Lipinski definition) is 0. The fourth-order valence-corrected chi connectivity index (χ4v) is 10.3. The number of hydrogen-bond acceptors (Lipinski definition) is 2. The Kier molecular flexibility index (Phi) is 6.74. The van der Waals surface area contributed by atoms with Crippen molar-refractivity contribution in [3.8, 4) is 0 Å². The highest BCUT2D eigenvalue weighted by molar-refractivity contribution is 9.10. The monoisotopic (exact) mass is 530 g/mol. The summed E-state index contributed by atoms with van der Waals surface area (Å²) in [5.74, 6) is 0.131. The van der Waals surface area contributed by atoms with Gasteiger partial charge in [-0.15, -0.1) is 11.8 Å². The maximum absolute atomic E-state index is 15.2. The van der Waals surface area contributed by atoms with Crippen molar-refractivity contribution in [3.05, 3.63) is 136 Å². The van der Waals surface area contributed by atoms with Gasteiger partial charge in [-0.3, -0.25) is 0 Å². The van der Waals surface area contributed by atoms with Crippen LogP contribution in [-0.2, 0) is 4.57 Å².